The third-order valence-corrected chi connectivity index (χ3v) is 5.62. The molecular formula is C15H16ClNO3S. The molecule has 1 aliphatic carbocycles. The third-order valence-electron chi connectivity index (χ3n) is 4.20. The summed E-state index contributed by atoms with van der Waals surface area (Å²) in [5.74, 6) is 0.164. The van der Waals surface area contributed by atoms with E-state index in [0.717, 1.165) is 17.7 Å². The molecule has 3 unspecified atom stereocenters. The van der Waals surface area contributed by atoms with Crippen molar-refractivity contribution in [1.82, 2.24) is 5.32 Å². The number of carbonyl (C=O) groups is 2. The number of amides is 1. The fraction of sp³-hybridized carbons (Fsp3) is 0.467. The van der Waals surface area contributed by atoms with Crippen LogP contribution in [0.1, 0.15) is 24.3 Å². The first-order chi connectivity index (χ1) is 10.0. The number of carbonyl (C=O) groups excluding carboxylic acids is 1. The molecule has 0 aromatic heterocycles. The van der Waals surface area contributed by atoms with Crippen LogP contribution in [0.4, 0.5) is 0 Å². The molecule has 1 saturated carbocycles. The molecule has 3 rings (SSSR count). The van der Waals surface area contributed by atoms with E-state index >= 15 is 0 Å². The molecule has 1 amide bonds. The van der Waals surface area contributed by atoms with Crippen molar-refractivity contribution in [1.29, 1.82) is 0 Å². The van der Waals surface area contributed by atoms with Crippen LogP contribution in [0.25, 0.3) is 0 Å². The van der Waals surface area contributed by atoms with Crippen LogP contribution in [0.2, 0.25) is 5.02 Å². The summed E-state index contributed by atoms with van der Waals surface area (Å²) in [4.78, 5) is 23.8. The highest BCUT2D eigenvalue weighted by Gasteiger charge is 2.49. The normalized spacial score (nSPS) is 30.9. The maximum Gasteiger partial charge on any atom is 0.330 e. The quantitative estimate of drug-likeness (QED) is 0.892. The van der Waals surface area contributed by atoms with Gasteiger partial charge in [-0.15, -0.1) is 0 Å². The number of nitrogens with one attached hydrogen (secondary N) is 1. The van der Waals surface area contributed by atoms with Gasteiger partial charge in [-0.05, 0) is 42.2 Å². The van der Waals surface area contributed by atoms with Crippen molar-refractivity contribution in [2.45, 2.75) is 24.3 Å². The molecule has 4 nitrogen and oxygen atoms in total. The van der Waals surface area contributed by atoms with Gasteiger partial charge in [0, 0.05) is 16.7 Å². The molecule has 3 atom stereocenters. The third kappa shape index (κ3) is 2.90. The topological polar surface area (TPSA) is 66.4 Å². The van der Waals surface area contributed by atoms with E-state index in [9.17, 15) is 14.7 Å². The van der Waals surface area contributed by atoms with Gasteiger partial charge in [-0.3, -0.25) is 4.79 Å². The molecule has 1 aliphatic heterocycles. The number of hydrogen-bond acceptors (Lipinski definition) is 3. The Morgan fingerprint density at radius 3 is 2.86 bits per heavy atom. The Balaban J connectivity index is 1.66. The van der Waals surface area contributed by atoms with Gasteiger partial charge in [0.15, 0.2) is 0 Å². The van der Waals surface area contributed by atoms with E-state index in [2.05, 4.69) is 5.32 Å². The molecule has 0 spiro atoms. The van der Waals surface area contributed by atoms with E-state index in [0.29, 0.717) is 17.2 Å². The summed E-state index contributed by atoms with van der Waals surface area (Å²) in [7, 11) is 0. The molecule has 1 aromatic carbocycles. The minimum atomic E-state index is -1.08. The number of carboxylic acids is 1. The van der Waals surface area contributed by atoms with E-state index < -0.39 is 11.5 Å². The zero-order chi connectivity index (χ0) is 15.0. The van der Waals surface area contributed by atoms with E-state index in [1.165, 1.54) is 0 Å². The first-order valence-electron chi connectivity index (χ1n) is 6.90. The summed E-state index contributed by atoms with van der Waals surface area (Å²) in [5, 5.41) is 12.8. The van der Waals surface area contributed by atoms with E-state index in [1.54, 1.807) is 17.8 Å². The van der Waals surface area contributed by atoms with Gasteiger partial charge >= 0.3 is 5.97 Å². The fourth-order valence-electron chi connectivity index (χ4n) is 2.80. The summed E-state index contributed by atoms with van der Waals surface area (Å²) in [5.41, 5.74) is -0.0312. The van der Waals surface area contributed by atoms with Gasteiger partial charge in [0.25, 0.3) is 0 Å². The number of benzene rings is 1. The molecule has 2 N–H and O–H groups in total. The van der Waals surface area contributed by atoms with Crippen LogP contribution in [0.5, 0.6) is 0 Å². The SMILES string of the molecule is O=C(NC1(C(=O)O)CCSC1)C1CC1c1cccc(Cl)c1. The standard InChI is InChI=1S/C15H16ClNO3S/c16-10-3-1-2-9(6-10)11-7-12(11)13(18)17-15(14(19)20)4-5-21-8-15/h1-3,6,11-12H,4-5,7-8H2,(H,17,18)(H,19,20). The van der Waals surface area contributed by atoms with E-state index in [4.69, 9.17) is 11.6 Å². The fourth-order valence-corrected chi connectivity index (χ4v) is 4.33. The molecule has 21 heavy (non-hydrogen) atoms. The van der Waals surface area contributed by atoms with Crippen LogP contribution in [-0.2, 0) is 9.59 Å². The average molecular weight is 326 g/mol. The lowest BCUT2D eigenvalue weighted by molar-refractivity contribution is -0.146. The Labute approximate surface area is 132 Å². The van der Waals surface area contributed by atoms with Gasteiger partial charge in [-0.1, -0.05) is 23.7 Å². The van der Waals surface area contributed by atoms with Gasteiger partial charge in [0.1, 0.15) is 5.54 Å². The number of aliphatic carboxylic acids is 1. The van der Waals surface area contributed by atoms with Gasteiger partial charge in [0.2, 0.25) is 5.91 Å². The molecule has 1 saturated heterocycles. The number of hydrogen-bond donors (Lipinski definition) is 2. The minimum Gasteiger partial charge on any atom is -0.479 e. The van der Waals surface area contributed by atoms with Crippen molar-refractivity contribution in [3.63, 3.8) is 0 Å². The highest BCUT2D eigenvalue weighted by atomic mass is 35.5. The van der Waals surface area contributed by atoms with Crippen molar-refractivity contribution in [3.05, 3.63) is 34.9 Å². The van der Waals surface area contributed by atoms with Gasteiger partial charge in [0.05, 0.1) is 0 Å². The van der Waals surface area contributed by atoms with Crippen LogP contribution in [-0.4, -0.2) is 34.0 Å². The summed E-state index contributed by atoms with van der Waals surface area (Å²) in [6.07, 6.45) is 1.25. The summed E-state index contributed by atoms with van der Waals surface area (Å²) in [6.45, 7) is 0. The second-order valence-electron chi connectivity index (χ2n) is 5.68. The molecule has 1 aromatic rings. The highest BCUT2D eigenvalue weighted by molar-refractivity contribution is 7.99. The highest BCUT2D eigenvalue weighted by Crippen LogP contribution is 2.48. The zero-order valence-corrected chi connectivity index (χ0v) is 12.9. The van der Waals surface area contributed by atoms with Crippen molar-refractivity contribution in [2.75, 3.05) is 11.5 Å². The van der Waals surface area contributed by atoms with Crippen molar-refractivity contribution >= 4 is 35.2 Å². The summed E-state index contributed by atoms with van der Waals surface area (Å²) in [6, 6.07) is 7.51. The van der Waals surface area contributed by atoms with Crippen LogP contribution in [0, 0.1) is 5.92 Å². The molecule has 6 heteroatoms. The van der Waals surface area contributed by atoms with Gasteiger partial charge < -0.3 is 10.4 Å². The van der Waals surface area contributed by atoms with Gasteiger partial charge in [-0.2, -0.15) is 11.8 Å². The lowest BCUT2D eigenvalue weighted by Crippen LogP contribution is -2.55. The molecule has 0 radical (unpaired) electrons. The Hall–Kier alpha value is -1.20. The summed E-state index contributed by atoms with van der Waals surface area (Å²) < 4.78 is 0. The molecular weight excluding hydrogens is 310 g/mol. The molecule has 2 fully saturated rings. The smallest absolute Gasteiger partial charge is 0.330 e. The Bertz CT molecular complexity index is 586. The molecule has 2 aliphatic rings. The minimum absolute atomic E-state index is 0.134. The Morgan fingerprint density at radius 2 is 2.24 bits per heavy atom. The Kier molecular flexibility index (Phi) is 3.88. The summed E-state index contributed by atoms with van der Waals surface area (Å²) >= 11 is 7.53. The number of thioether (sulfide) groups is 1. The predicted octanol–water partition coefficient (Wildman–Crippen LogP) is 2.52. The Morgan fingerprint density at radius 1 is 1.43 bits per heavy atom. The van der Waals surface area contributed by atoms with Crippen molar-refractivity contribution in [3.8, 4) is 0 Å². The number of halogens is 1. The van der Waals surface area contributed by atoms with Crippen LogP contribution < -0.4 is 5.32 Å². The predicted molar refractivity (Wildman–Crippen MR) is 82.8 cm³/mol. The maximum absolute atomic E-state index is 12.3. The molecule has 0 bridgehead atoms. The second kappa shape index (κ2) is 5.54. The molecule has 112 valence electrons. The zero-order valence-electron chi connectivity index (χ0n) is 11.3. The average Bonchev–Trinajstić information content (AvgIpc) is 3.11. The second-order valence-corrected chi connectivity index (χ2v) is 7.22. The lowest BCUT2D eigenvalue weighted by Gasteiger charge is -2.24. The number of rotatable bonds is 4. The molecule has 1 heterocycles. The van der Waals surface area contributed by atoms with E-state index in [-0.39, 0.29) is 17.7 Å². The van der Waals surface area contributed by atoms with Crippen LogP contribution >= 0.6 is 23.4 Å². The van der Waals surface area contributed by atoms with E-state index in [1.807, 2.05) is 18.2 Å². The monoisotopic (exact) mass is 325 g/mol. The first kappa shape index (κ1) is 14.7. The largest absolute Gasteiger partial charge is 0.479 e. The van der Waals surface area contributed by atoms with Crippen LogP contribution in [0.15, 0.2) is 24.3 Å². The lowest BCUT2D eigenvalue weighted by atomic mass is 9.98. The van der Waals surface area contributed by atoms with Crippen molar-refractivity contribution < 1.29 is 14.7 Å². The maximum atomic E-state index is 12.3. The van der Waals surface area contributed by atoms with Crippen molar-refractivity contribution in [2.24, 2.45) is 5.92 Å². The number of carboxylic acid groups (broad SMARTS) is 1. The van der Waals surface area contributed by atoms with Gasteiger partial charge in [-0.25, -0.2) is 4.79 Å². The van der Waals surface area contributed by atoms with Crippen LogP contribution in [0.3, 0.4) is 0 Å². The first-order valence-corrected chi connectivity index (χ1v) is 8.44.